The van der Waals surface area contributed by atoms with E-state index in [4.69, 9.17) is 0 Å². The number of nitrogens with one attached hydrogen (secondary N) is 1. The molecule has 1 aliphatic carbocycles. The number of aromatic nitrogens is 2. The van der Waals surface area contributed by atoms with Gasteiger partial charge in [0.2, 0.25) is 0 Å². The number of carbonyl (C=O) groups is 1. The molecule has 0 aromatic carbocycles. The molecule has 0 radical (unpaired) electrons. The SMILES string of the molecule is CCn1nc(C)c(NC(=O)N(C)CC2CCCC2O)c1C. The third-order valence-electron chi connectivity index (χ3n) is 4.39. The van der Waals surface area contributed by atoms with Gasteiger partial charge in [-0.2, -0.15) is 5.10 Å². The highest BCUT2D eigenvalue weighted by Crippen LogP contribution is 2.26. The molecule has 0 bridgehead atoms. The van der Waals surface area contributed by atoms with E-state index in [1.54, 1.807) is 11.9 Å². The lowest BCUT2D eigenvalue weighted by atomic mass is 10.1. The van der Waals surface area contributed by atoms with Crippen LogP contribution in [0.25, 0.3) is 0 Å². The molecule has 1 fully saturated rings. The van der Waals surface area contributed by atoms with Gasteiger partial charge >= 0.3 is 6.03 Å². The highest BCUT2D eigenvalue weighted by atomic mass is 16.3. The van der Waals surface area contributed by atoms with Crippen molar-refractivity contribution in [3.05, 3.63) is 11.4 Å². The second-order valence-corrected chi connectivity index (χ2v) is 5.93. The van der Waals surface area contributed by atoms with E-state index >= 15 is 0 Å². The summed E-state index contributed by atoms with van der Waals surface area (Å²) in [6.45, 7) is 7.26. The van der Waals surface area contributed by atoms with E-state index in [1.807, 2.05) is 25.5 Å². The van der Waals surface area contributed by atoms with Crippen molar-refractivity contribution >= 4 is 11.7 Å². The number of hydrogen-bond acceptors (Lipinski definition) is 3. The number of anilines is 1. The quantitative estimate of drug-likeness (QED) is 0.894. The molecule has 2 unspecified atom stereocenters. The fraction of sp³-hybridized carbons (Fsp3) is 0.733. The minimum absolute atomic E-state index is 0.143. The number of rotatable bonds is 4. The van der Waals surface area contributed by atoms with Crippen molar-refractivity contribution in [3.8, 4) is 0 Å². The summed E-state index contributed by atoms with van der Waals surface area (Å²) in [5.41, 5.74) is 2.59. The highest BCUT2D eigenvalue weighted by Gasteiger charge is 2.27. The zero-order valence-electron chi connectivity index (χ0n) is 13.4. The summed E-state index contributed by atoms with van der Waals surface area (Å²) in [6.07, 6.45) is 2.61. The van der Waals surface area contributed by atoms with Crippen LogP contribution in [0.4, 0.5) is 10.5 Å². The Morgan fingerprint density at radius 3 is 2.71 bits per heavy atom. The average Bonchev–Trinajstić information content (AvgIpc) is 2.96. The number of aliphatic hydroxyl groups is 1. The van der Waals surface area contributed by atoms with E-state index in [0.717, 1.165) is 42.9 Å². The molecule has 118 valence electrons. The van der Waals surface area contributed by atoms with E-state index in [1.165, 1.54) is 0 Å². The first kappa shape index (κ1) is 15.8. The second kappa shape index (κ2) is 6.47. The van der Waals surface area contributed by atoms with E-state index in [-0.39, 0.29) is 18.1 Å². The molecule has 6 nitrogen and oxygen atoms in total. The minimum atomic E-state index is -0.272. The molecular weight excluding hydrogens is 268 g/mol. The lowest BCUT2D eigenvalue weighted by Crippen LogP contribution is -2.37. The number of nitrogens with zero attached hydrogens (tertiary/aromatic N) is 3. The van der Waals surface area contributed by atoms with Crippen molar-refractivity contribution in [2.75, 3.05) is 18.9 Å². The Kier molecular flexibility index (Phi) is 4.88. The standard InChI is InChI=1S/C15H26N4O2/c1-5-19-11(3)14(10(2)17-19)16-15(21)18(4)9-12-7-6-8-13(12)20/h12-13,20H,5-9H2,1-4H3,(H,16,21). The molecule has 1 aliphatic rings. The maximum absolute atomic E-state index is 12.3. The molecule has 2 atom stereocenters. The molecule has 21 heavy (non-hydrogen) atoms. The molecular formula is C15H26N4O2. The van der Waals surface area contributed by atoms with Crippen LogP contribution < -0.4 is 5.32 Å². The summed E-state index contributed by atoms with van der Waals surface area (Å²) in [5, 5.41) is 17.2. The molecule has 6 heteroatoms. The van der Waals surface area contributed by atoms with Crippen molar-refractivity contribution in [3.63, 3.8) is 0 Å². The van der Waals surface area contributed by atoms with E-state index in [2.05, 4.69) is 10.4 Å². The molecule has 0 spiro atoms. The molecule has 1 heterocycles. The minimum Gasteiger partial charge on any atom is -0.393 e. The predicted octanol–water partition coefficient (Wildman–Crippen LogP) is 2.14. The van der Waals surface area contributed by atoms with Gasteiger partial charge in [-0.15, -0.1) is 0 Å². The molecule has 0 aliphatic heterocycles. The van der Waals surface area contributed by atoms with Gasteiger partial charge in [-0.1, -0.05) is 6.42 Å². The van der Waals surface area contributed by atoms with Gasteiger partial charge in [0.25, 0.3) is 0 Å². The van der Waals surface area contributed by atoms with Gasteiger partial charge in [0, 0.05) is 26.1 Å². The molecule has 2 rings (SSSR count). The average molecular weight is 294 g/mol. The molecule has 1 saturated carbocycles. The smallest absolute Gasteiger partial charge is 0.321 e. The van der Waals surface area contributed by atoms with Crippen LogP contribution in [0.1, 0.15) is 37.6 Å². The zero-order valence-corrected chi connectivity index (χ0v) is 13.4. The Labute approximate surface area is 126 Å². The first-order valence-electron chi connectivity index (χ1n) is 7.68. The van der Waals surface area contributed by atoms with E-state index in [0.29, 0.717) is 6.54 Å². The second-order valence-electron chi connectivity index (χ2n) is 5.93. The summed E-state index contributed by atoms with van der Waals surface area (Å²) in [7, 11) is 1.77. The Bertz CT molecular complexity index is 512. The lowest BCUT2D eigenvalue weighted by Gasteiger charge is -2.23. The Morgan fingerprint density at radius 2 is 2.19 bits per heavy atom. The Morgan fingerprint density at radius 1 is 1.48 bits per heavy atom. The van der Waals surface area contributed by atoms with Crippen molar-refractivity contribution in [1.82, 2.24) is 14.7 Å². The van der Waals surface area contributed by atoms with Crippen LogP contribution in [-0.4, -0.2) is 45.5 Å². The monoisotopic (exact) mass is 294 g/mol. The van der Waals surface area contributed by atoms with E-state index < -0.39 is 0 Å². The van der Waals surface area contributed by atoms with Gasteiger partial charge in [0.15, 0.2) is 0 Å². The lowest BCUT2D eigenvalue weighted by molar-refractivity contribution is 0.116. The van der Waals surface area contributed by atoms with Crippen LogP contribution in [0.5, 0.6) is 0 Å². The van der Waals surface area contributed by atoms with Crippen LogP contribution in [0, 0.1) is 19.8 Å². The number of hydrogen-bond donors (Lipinski definition) is 2. The summed E-state index contributed by atoms with van der Waals surface area (Å²) >= 11 is 0. The first-order chi connectivity index (χ1) is 9.93. The topological polar surface area (TPSA) is 70.4 Å². The summed E-state index contributed by atoms with van der Waals surface area (Å²) in [4.78, 5) is 14.0. The van der Waals surface area contributed by atoms with Crippen LogP contribution in [0.3, 0.4) is 0 Å². The number of urea groups is 1. The van der Waals surface area contributed by atoms with E-state index in [9.17, 15) is 9.90 Å². The largest absolute Gasteiger partial charge is 0.393 e. The third-order valence-corrected chi connectivity index (χ3v) is 4.39. The normalized spacial score (nSPS) is 21.6. The molecule has 0 saturated heterocycles. The molecule has 2 amide bonds. The van der Waals surface area contributed by atoms with Crippen LogP contribution in [0.2, 0.25) is 0 Å². The van der Waals surface area contributed by atoms with Crippen molar-refractivity contribution in [2.45, 2.75) is 52.7 Å². The fourth-order valence-electron chi connectivity index (χ4n) is 3.05. The Balaban J connectivity index is 1.99. The Hall–Kier alpha value is -1.56. The summed E-state index contributed by atoms with van der Waals surface area (Å²) in [6, 6.07) is -0.143. The van der Waals surface area contributed by atoms with Gasteiger partial charge in [0.05, 0.1) is 23.2 Å². The van der Waals surface area contributed by atoms with Gasteiger partial charge in [-0.3, -0.25) is 4.68 Å². The van der Waals surface area contributed by atoms with Gasteiger partial charge in [-0.05, 0) is 33.6 Å². The maximum atomic E-state index is 12.3. The molecule has 2 N–H and O–H groups in total. The van der Waals surface area contributed by atoms with Crippen molar-refractivity contribution in [2.24, 2.45) is 5.92 Å². The summed E-state index contributed by atoms with van der Waals surface area (Å²) < 4.78 is 1.88. The number of aryl methyl sites for hydroxylation is 2. The zero-order chi connectivity index (χ0) is 15.6. The number of aliphatic hydroxyl groups excluding tert-OH is 1. The van der Waals surface area contributed by atoms with Gasteiger partial charge in [0.1, 0.15) is 0 Å². The van der Waals surface area contributed by atoms with Crippen LogP contribution >= 0.6 is 0 Å². The first-order valence-corrected chi connectivity index (χ1v) is 7.68. The fourth-order valence-corrected chi connectivity index (χ4v) is 3.05. The predicted molar refractivity (Wildman–Crippen MR) is 82.4 cm³/mol. The van der Waals surface area contributed by atoms with Crippen LogP contribution in [0.15, 0.2) is 0 Å². The molecule has 1 aromatic rings. The van der Waals surface area contributed by atoms with Crippen molar-refractivity contribution in [1.29, 1.82) is 0 Å². The molecule has 1 aromatic heterocycles. The highest BCUT2D eigenvalue weighted by molar-refractivity contribution is 5.90. The number of carbonyl (C=O) groups excluding carboxylic acids is 1. The maximum Gasteiger partial charge on any atom is 0.321 e. The van der Waals surface area contributed by atoms with Gasteiger partial charge in [-0.25, -0.2) is 4.79 Å². The number of amides is 2. The summed E-state index contributed by atoms with van der Waals surface area (Å²) in [5.74, 6) is 0.196. The van der Waals surface area contributed by atoms with Crippen LogP contribution in [-0.2, 0) is 6.54 Å². The third kappa shape index (κ3) is 3.37. The van der Waals surface area contributed by atoms with Gasteiger partial charge < -0.3 is 15.3 Å². The van der Waals surface area contributed by atoms with Crippen molar-refractivity contribution < 1.29 is 9.90 Å².